The largest absolute Gasteiger partial charge is 0.380 e. The Hall–Kier alpha value is -2.87. The van der Waals surface area contributed by atoms with E-state index in [1.54, 1.807) is 12.1 Å². The van der Waals surface area contributed by atoms with E-state index in [1.165, 1.54) is 10.4 Å². The van der Waals surface area contributed by atoms with Gasteiger partial charge in [0.1, 0.15) is 6.07 Å². The van der Waals surface area contributed by atoms with Gasteiger partial charge in [-0.1, -0.05) is 30.3 Å². The number of nitriles is 2. The smallest absolute Gasteiger partial charge is 0.243 e. The first-order valence-corrected chi connectivity index (χ1v) is 11.1. The van der Waals surface area contributed by atoms with E-state index in [4.69, 9.17) is 5.26 Å². The molecule has 1 fully saturated rings. The summed E-state index contributed by atoms with van der Waals surface area (Å²) in [5.41, 5.74) is 1.98. The van der Waals surface area contributed by atoms with E-state index in [-0.39, 0.29) is 16.7 Å². The normalized spacial score (nSPS) is 16.5. The molecule has 0 aromatic heterocycles. The van der Waals surface area contributed by atoms with Gasteiger partial charge in [-0.25, -0.2) is 8.42 Å². The van der Waals surface area contributed by atoms with E-state index in [9.17, 15) is 13.7 Å². The molecule has 7 heteroatoms. The van der Waals surface area contributed by atoms with Crippen LogP contribution in [0.15, 0.2) is 53.4 Å². The predicted octanol–water partition coefficient (Wildman–Crippen LogP) is 3.73. The molecule has 1 N–H and O–H groups in total. The molecule has 3 rings (SSSR count). The molecule has 2 aromatic carbocycles. The van der Waals surface area contributed by atoms with Gasteiger partial charge in [0.05, 0.1) is 22.2 Å². The van der Waals surface area contributed by atoms with Crippen molar-refractivity contribution in [2.45, 2.75) is 31.2 Å². The standard InChI is InChI=1S/C22H24N4O2S/c1-17(14-23)19-9-11-26(12-10-19)29(27,28)21-7-8-22(20(13-21)15-24)25-16-18-5-3-2-4-6-18/h2-8,13,17,19,25H,9-12,16H2,1H3. The van der Waals surface area contributed by atoms with Crippen LogP contribution in [0.5, 0.6) is 0 Å². The summed E-state index contributed by atoms with van der Waals surface area (Å²) in [6, 6.07) is 18.8. The third-order valence-electron chi connectivity index (χ3n) is 5.48. The van der Waals surface area contributed by atoms with Crippen molar-refractivity contribution in [2.75, 3.05) is 18.4 Å². The van der Waals surface area contributed by atoms with Crippen LogP contribution in [0.2, 0.25) is 0 Å². The van der Waals surface area contributed by atoms with E-state index < -0.39 is 10.0 Å². The summed E-state index contributed by atoms with van der Waals surface area (Å²) in [6.45, 7) is 3.23. The zero-order chi connectivity index (χ0) is 20.9. The lowest BCUT2D eigenvalue weighted by molar-refractivity contribution is 0.242. The van der Waals surface area contributed by atoms with Gasteiger partial charge in [0, 0.05) is 25.6 Å². The minimum Gasteiger partial charge on any atom is -0.380 e. The summed E-state index contributed by atoms with van der Waals surface area (Å²) in [4.78, 5) is 0.131. The SMILES string of the molecule is CC(C#N)C1CCN(S(=O)(=O)c2ccc(NCc3ccccc3)c(C#N)c2)CC1. The van der Waals surface area contributed by atoms with Crippen molar-refractivity contribution in [3.8, 4) is 12.1 Å². The monoisotopic (exact) mass is 408 g/mol. The van der Waals surface area contributed by atoms with Gasteiger partial charge in [0.15, 0.2) is 0 Å². The molecule has 1 unspecified atom stereocenters. The molecule has 1 aliphatic heterocycles. The Labute approximate surface area is 172 Å². The van der Waals surface area contributed by atoms with Crippen molar-refractivity contribution in [1.29, 1.82) is 10.5 Å². The Bertz CT molecular complexity index is 1030. The molecule has 6 nitrogen and oxygen atoms in total. The average Bonchev–Trinajstić information content (AvgIpc) is 2.77. The molecular formula is C22H24N4O2S. The van der Waals surface area contributed by atoms with Crippen molar-refractivity contribution in [3.05, 3.63) is 59.7 Å². The summed E-state index contributed by atoms with van der Waals surface area (Å²) in [5, 5.41) is 21.8. The second-order valence-electron chi connectivity index (χ2n) is 7.32. The van der Waals surface area contributed by atoms with E-state index in [2.05, 4.69) is 17.5 Å². The fraction of sp³-hybridized carbons (Fsp3) is 0.364. The first kappa shape index (κ1) is 20.9. The highest BCUT2D eigenvalue weighted by Crippen LogP contribution is 2.29. The second kappa shape index (κ2) is 9.09. The van der Waals surface area contributed by atoms with E-state index in [1.807, 2.05) is 37.3 Å². The van der Waals surface area contributed by atoms with Crippen LogP contribution in [0.4, 0.5) is 5.69 Å². The quantitative estimate of drug-likeness (QED) is 0.785. The second-order valence-corrected chi connectivity index (χ2v) is 9.26. The maximum absolute atomic E-state index is 13.0. The summed E-state index contributed by atoms with van der Waals surface area (Å²) in [5.74, 6) is 0.158. The van der Waals surface area contributed by atoms with Gasteiger partial charge in [-0.05, 0) is 49.4 Å². The average molecular weight is 409 g/mol. The van der Waals surface area contributed by atoms with Crippen molar-refractivity contribution >= 4 is 15.7 Å². The molecule has 0 amide bonds. The summed E-state index contributed by atoms with van der Waals surface area (Å²) in [6.07, 6.45) is 1.35. The topological polar surface area (TPSA) is 97.0 Å². The minimum absolute atomic E-state index is 0.0694. The molecule has 0 spiro atoms. The number of hydrogen-bond acceptors (Lipinski definition) is 5. The van der Waals surface area contributed by atoms with Crippen LogP contribution in [0.3, 0.4) is 0 Å². The highest BCUT2D eigenvalue weighted by Gasteiger charge is 2.31. The van der Waals surface area contributed by atoms with E-state index in [0.717, 1.165) is 5.56 Å². The maximum Gasteiger partial charge on any atom is 0.243 e. The van der Waals surface area contributed by atoms with Crippen LogP contribution < -0.4 is 5.32 Å². The molecule has 1 atom stereocenters. The Balaban J connectivity index is 1.73. The van der Waals surface area contributed by atoms with Crippen molar-refractivity contribution in [2.24, 2.45) is 11.8 Å². The highest BCUT2D eigenvalue weighted by atomic mass is 32.2. The molecule has 1 heterocycles. The summed E-state index contributed by atoms with van der Waals surface area (Å²) < 4.78 is 27.5. The first-order valence-electron chi connectivity index (χ1n) is 9.67. The third-order valence-corrected chi connectivity index (χ3v) is 7.38. The molecular weight excluding hydrogens is 384 g/mol. The maximum atomic E-state index is 13.0. The van der Waals surface area contributed by atoms with E-state index >= 15 is 0 Å². The Morgan fingerprint density at radius 2 is 1.83 bits per heavy atom. The van der Waals surface area contributed by atoms with Gasteiger partial charge in [0.25, 0.3) is 0 Å². The molecule has 0 saturated carbocycles. The van der Waals surface area contributed by atoms with E-state index in [0.29, 0.717) is 43.7 Å². The molecule has 2 aromatic rings. The third kappa shape index (κ3) is 4.76. The number of piperidine rings is 1. The van der Waals surface area contributed by atoms with Gasteiger partial charge in [0.2, 0.25) is 10.0 Å². The lowest BCUT2D eigenvalue weighted by atomic mass is 9.87. The highest BCUT2D eigenvalue weighted by molar-refractivity contribution is 7.89. The molecule has 0 bridgehead atoms. The Morgan fingerprint density at radius 3 is 2.45 bits per heavy atom. The number of nitrogens with zero attached hydrogens (tertiary/aromatic N) is 3. The number of rotatable bonds is 6. The van der Waals surface area contributed by atoms with Crippen LogP contribution in [0, 0.1) is 34.5 Å². The zero-order valence-electron chi connectivity index (χ0n) is 16.4. The zero-order valence-corrected chi connectivity index (χ0v) is 17.2. The van der Waals surface area contributed by atoms with Gasteiger partial charge < -0.3 is 5.32 Å². The van der Waals surface area contributed by atoms with Gasteiger partial charge in [-0.3, -0.25) is 0 Å². The van der Waals surface area contributed by atoms with Crippen LogP contribution in [0.25, 0.3) is 0 Å². The van der Waals surface area contributed by atoms with Gasteiger partial charge >= 0.3 is 0 Å². The van der Waals surface area contributed by atoms with Crippen LogP contribution in [0.1, 0.15) is 30.9 Å². The summed E-state index contributed by atoms with van der Waals surface area (Å²) in [7, 11) is -3.66. The molecule has 0 aliphatic carbocycles. The first-order chi connectivity index (χ1) is 14.0. The molecule has 1 aliphatic rings. The van der Waals surface area contributed by atoms with Crippen molar-refractivity contribution in [3.63, 3.8) is 0 Å². The number of benzene rings is 2. The fourth-order valence-corrected chi connectivity index (χ4v) is 5.09. The number of sulfonamides is 1. The molecule has 1 saturated heterocycles. The molecule has 0 radical (unpaired) electrons. The van der Waals surface area contributed by atoms with Crippen molar-refractivity contribution < 1.29 is 8.42 Å². The number of anilines is 1. The Morgan fingerprint density at radius 1 is 1.14 bits per heavy atom. The predicted molar refractivity (Wildman–Crippen MR) is 111 cm³/mol. The van der Waals surface area contributed by atoms with Crippen LogP contribution in [-0.4, -0.2) is 25.8 Å². The van der Waals surface area contributed by atoms with Gasteiger partial charge in [-0.2, -0.15) is 14.8 Å². The molecule has 29 heavy (non-hydrogen) atoms. The lowest BCUT2D eigenvalue weighted by Gasteiger charge is -2.32. The summed E-state index contributed by atoms with van der Waals surface area (Å²) >= 11 is 0. The number of hydrogen-bond donors (Lipinski definition) is 1. The fourth-order valence-electron chi connectivity index (χ4n) is 3.59. The van der Waals surface area contributed by atoms with Gasteiger partial charge in [-0.15, -0.1) is 0 Å². The van der Waals surface area contributed by atoms with Crippen molar-refractivity contribution in [1.82, 2.24) is 4.31 Å². The van der Waals surface area contributed by atoms with Crippen LogP contribution in [-0.2, 0) is 16.6 Å². The molecule has 150 valence electrons. The lowest BCUT2D eigenvalue weighted by Crippen LogP contribution is -2.39. The number of nitrogens with one attached hydrogen (secondary N) is 1. The van der Waals surface area contributed by atoms with Crippen LogP contribution >= 0.6 is 0 Å². The Kier molecular flexibility index (Phi) is 6.53. The minimum atomic E-state index is -3.66.